The predicted molar refractivity (Wildman–Crippen MR) is 89.7 cm³/mol. The number of hydrogen-bond acceptors (Lipinski definition) is 4. The minimum absolute atomic E-state index is 0.616. The molecular formula is C16H12BrNOS2. The van der Waals surface area contributed by atoms with Gasteiger partial charge < -0.3 is 9.64 Å². The molecule has 0 spiro atoms. The number of ether oxygens (including phenoxy) is 1. The number of morpholine rings is 1. The summed E-state index contributed by atoms with van der Waals surface area (Å²) in [5.74, 6) is 0. The molecule has 0 bridgehead atoms. The van der Waals surface area contributed by atoms with Crippen LogP contribution in [0.5, 0.6) is 0 Å². The zero-order valence-electron chi connectivity index (χ0n) is 11.1. The summed E-state index contributed by atoms with van der Waals surface area (Å²) < 4.78 is 6.66. The summed E-state index contributed by atoms with van der Waals surface area (Å²) in [4.78, 5) is 7.89. The molecule has 0 saturated carbocycles. The van der Waals surface area contributed by atoms with E-state index in [0.29, 0.717) is 12.1 Å². The summed E-state index contributed by atoms with van der Waals surface area (Å²) in [5, 5.41) is 0. The second kappa shape index (κ2) is 4.69. The lowest BCUT2D eigenvalue weighted by molar-refractivity contribution is 0.178. The van der Waals surface area contributed by atoms with Gasteiger partial charge in [0.15, 0.2) is 0 Å². The van der Waals surface area contributed by atoms with Crippen LogP contribution in [0.2, 0.25) is 0 Å². The van der Waals surface area contributed by atoms with Gasteiger partial charge in [-0.3, -0.25) is 0 Å². The Morgan fingerprint density at radius 1 is 1.00 bits per heavy atom. The number of anilines is 1. The zero-order chi connectivity index (χ0) is 14.0. The largest absolute Gasteiger partial charge is 0.377 e. The Bertz CT molecular complexity index is 741. The average Bonchev–Trinajstić information content (AvgIpc) is 2.98. The van der Waals surface area contributed by atoms with Crippen molar-refractivity contribution in [3.63, 3.8) is 0 Å². The van der Waals surface area contributed by atoms with Crippen LogP contribution in [0.25, 0.3) is 0 Å². The first-order valence-electron chi connectivity index (χ1n) is 6.95. The topological polar surface area (TPSA) is 12.2 Å². The van der Waals surface area contributed by atoms with Gasteiger partial charge in [-0.25, -0.2) is 0 Å². The van der Waals surface area contributed by atoms with E-state index in [-0.39, 0.29) is 0 Å². The number of rotatable bonds is 1. The second-order valence-electron chi connectivity index (χ2n) is 5.48. The highest BCUT2D eigenvalue weighted by atomic mass is 79.9. The Morgan fingerprint density at radius 2 is 1.86 bits per heavy atom. The van der Waals surface area contributed by atoms with Gasteiger partial charge in [0.2, 0.25) is 0 Å². The molecule has 0 amide bonds. The van der Waals surface area contributed by atoms with E-state index in [1.54, 1.807) is 0 Å². The van der Waals surface area contributed by atoms with Gasteiger partial charge in [-0.05, 0) is 46.3 Å². The molecule has 2 atom stereocenters. The van der Waals surface area contributed by atoms with Crippen molar-refractivity contribution in [1.82, 2.24) is 0 Å². The Labute approximate surface area is 140 Å². The molecule has 0 aliphatic carbocycles. The highest BCUT2D eigenvalue weighted by Gasteiger charge is 2.51. The molecule has 2 aromatic rings. The van der Waals surface area contributed by atoms with Crippen molar-refractivity contribution < 1.29 is 4.74 Å². The summed E-state index contributed by atoms with van der Waals surface area (Å²) >= 11 is 7.39. The lowest BCUT2D eigenvalue weighted by Gasteiger charge is -2.21. The minimum Gasteiger partial charge on any atom is -0.377 e. The summed E-state index contributed by atoms with van der Waals surface area (Å²) in [6.45, 7) is 1.78. The summed E-state index contributed by atoms with van der Waals surface area (Å²) in [7, 11) is 0. The number of halogens is 1. The van der Waals surface area contributed by atoms with Crippen molar-refractivity contribution in [3.05, 3.63) is 40.9 Å². The van der Waals surface area contributed by atoms with E-state index in [2.05, 4.69) is 57.2 Å². The molecule has 5 rings (SSSR count). The van der Waals surface area contributed by atoms with Crippen LogP contribution in [0.4, 0.5) is 5.69 Å². The van der Waals surface area contributed by atoms with E-state index in [1.807, 2.05) is 23.5 Å². The molecule has 2 nitrogen and oxygen atoms in total. The van der Waals surface area contributed by atoms with Crippen molar-refractivity contribution in [2.24, 2.45) is 0 Å². The first kappa shape index (κ1) is 12.9. The van der Waals surface area contributed by atoms with Crippen LogP contribution < -0.4 is 4.90 Å². The van der Waals surface area contributed by atoms with Gasteiger partial charge in [0.25, 0.3) is 0 Å². The molecule has 106 valence electrons. The second-order valence-corrected chi connectivity index (χ2v) is 8.47. The first-order chi connectivity index (χ1) is 10.3. The summed E-state index contributed by atoms with van der Waals surface area (Å²) in [5.41, 5.74) is 1.35. The van der Waals surface area contributed by atoms with Crippen LogP contribution in [0.1, 0.15) is 0 Å². The highest BCUT2D eigenvalue weighted by molar-refractivity contribution is 9.10. The fourth-order valence-electron chi connectivity index (χ4n) is 3.13. The van der Waals surface area contributed by atoms with E-state index in [9.17, 15) is 0 Å². The van der Waals surface area contributed by atoms with Gasteiger partial charge in [-0.2, -0.15) is 0 Å². The van der Waals surface area contributed by atoms with Crippen LogP contribution in [-0.2, 0) is 4.74 Å². The number of fused-ring (bicyclic) bond motifs is 3. The SMILES string of the molecule is Brc1cccc2c1Sc1ccc(N3C4COC[C@H]43)cc1S2. The Balaban J connectivity index is 1.50. The molecule has 2 fully saturated rings. The smallest absolute Gasteiger partial charge is 0.0754 e. The minimum atomic E-state index is 0.616. The standard InChI is InChI=1S/C16H12BrNOS2/c17-10-2-1-3-14-16(10)21-13-5-4-9(6-15(13)20-14)18-11-7-19-8-12(11)18/h1-6,11-12H,7-8H2/t11-,12?,18?/m1/s1. The van der Waals surface area contributed by atoms with Crippen LogP contribution in [0.3, 0.4) is 0 Å². The monoisotopic (exact) mass is 377 g/mol. The molecule has 2 aromatic carbocycles. The Kier molecular flexibility index (Phi) is 2.87. The third-order valence-corrected chi connectivity index (χ3v) is 7.75. The van der Waals surface area contributed by atoms with Gasteiger partial charge >= 0.3 is 0 Å². The zero-order valence-corrected chi connectivity index (χ0v) is 14.3. The number of benzene rings is 2. The third kappa shape index (κ3) is 1.98. The molecule has 3 heterocycles. The van der Waals surface area contributed by atoms with E-state index in [0.717, 1.165) is 13.2 Å². The molecular weight excluding hydrogens is 366 g/mol. The molecule has 0 radical (unpaired) electrons. The molecule has 5 heteroatoms. The van der Waals surface area contributed by atoms with E-state index in [4.69, 9.17) is 4.74 Å². The predicted octanol–water partition coefficient (Wildman–Crippen LogP) is 4.65. The number of nitrogens with zero attached hydrogens (tertiary/aromatic N) is 1. The maximum atomic E-state index is 5.47. The molecule has 2 saturated heterocycles. The van der Waals surface area contributed by atoms with Crippen LogP contribution in [-0.4, -0.2) is 25.3 Å². The third-order valence-electron chi connectivity index (χ3n) is 4.23. The van der Waals surface area contributed by atoms with Gasteiger partial charge in [-0.15, -0.1) is 0 Å². The fourth-order valence-corrected chi connectivity index (χ4v) is 6.15. The van der Waals surface area contributed by atoms with E-state index >= 15 is 0 Å². The normalized spacial score (nSPS) is 25.3. The van der Waals surface area contributed by atoms with Crippen LogP contribution in [0.15, 0.2) is 60.5 Å². The van der Waals surface area contributed by atoms with E-state index < -0.39 is 0 Å². The van der Waals surface area contributed by atoms with Crippen molar-refractivity contribution in [3.8, 4) is 0 Å². The molecule has 1 unspecified atom stereocenters. The summed E-state index contributed by atoms with van der Waals surface area (Å²) in [6.07, 6.45) is 0. The summed E-state index contributed by atoms with van der Waals surface area (Å²) in [6, 6.07) is 14.5. The van der Waals surface area contributed by atoms with Crippen molar-refractivity contribution in [1.29, 1.82) is 0 Å². The maximum absolute atomic E-state index is 5.47. The maximum Gasteiger partial charge on any atom is 0.0754 e. The van der Waals surface area contributed by atoms with Gasteiger partial charge in [-0.1, -0.05) is 29.6 Å². The fraction of sp³-hybridized carbons (Fsp3) is 0.250. The Morgan fingerprint density at radius 3 is 2.71 bits per heavy atom. The first-order valence-corrected chi connectivity index (χ1v) is 9.38. The van der Waals surface area contributed by atoms with Crippen molar-refractivity contribution in [2.45, 2.75) is 31.7 Å². The molecule has 3 aliphatic heterocycles. The van der Waals surface area contributed by atoms with Crippen LogP contribution in [0, 0.1) is 0 Å². The van der Waals surface area contributed by atoms with Crippen molar-refractivity contribution >= 4 is 45.1 Å². The quantitative estimate of drug-likeness (QED) is 0.571. The molecule has 3 aliphatic rings. The van der Waals surface area contributed by atoms with Gasteiger partial charge in [0.1, 0.15) is 0 Å². The lowest BCUT2D eigenvalue weighted by Crippen LogP contribution is -2.11. The van der Waals surface area contributed by atoms with Gasteiger partial charge in [0, 0.05) is 29.7 Å². The van der Waals surface area contributed by atoms with Gasteiger partial charge in [0.05, 0.1) is 25.3 Å². The average molecular weight is 378 g/mol. The lowest BCUT2D eigenvalue weighted by atomic mass is 10.3. The van der Waals surface area contributed by atoms with E-state index in [1.165, 1.54) is 29.7 Å². The Hall–Kier alpha value is -0.620. The number of hydrogen-bond donors (Lipinski definition) is 0. The molecule has 0 aromatic heterocycles. The van der Waals surface area contributed by atoms with Crippen LogP contribution >= 0.6 is 39.5 Å². The van der Waals surface area contributed by atoms with Crippen molar-refractivity contribution in [2.75, 3.05) is 18.1 Å². The highest BCUT2D eigenvalue weighted by Crippen LogP contribution is 2.52. The molecule has 0 N–H and O–H groups in total. The molecule has 21 heavy (non-hydrogen) atoms.